The number of pyridine rings is 1. The second kappa shape index (κ2) is 9.93. The van der Waals surface area contributed by atoms with Crippen molar-refractivity contribution in [2.45, 2.75) is 6.54 Å². The van der Waals surface area contributed by atoms with Crippen molar-refractivity contribution < 1.29 is 14.3 Å². The van der Waals surface area contributed by atoms with E-state index in [1.54, 1.807) is 24.3 Å². The molecule has 0 radical (unpaired) electrons. The first-order valence-corrected chi connectivity index (χ1v) is 10.5. The first-order chi connectivity index (χ1) is 16.1. The lowest BCUT2D eigenvalue weighted by Gasteiger charge is -2.23. The molecule has 0 fully saturated rings. The van der Waals surface area contributed by atoms with E-state index in [9.17, 15) is 9.59 Å². The average molecular weight is 441 g/mol. The highest BCUT2D eigenvalue weighted by atomic mass is 16.5. The molecule has 2 N–H and O–H groups in total. The van der Waals surface area contributed by atoms with Gasteiger partial charge in [-0.15, -0.1) is 0 Å². The molecule has 2 amide bonds. The zero-order valence-electron chi connectivity index (χ0n) is 18.4. The van der Waals surface area contributed by atoms with Gasteiger partial charge in [-0.1, -0.05) is 66.7 Å². The van der Waals surface area contributed by atoms with Crippen LogP contribution < -0.4 is 15.8 Å². The van der Waals surface area contributed by atoms with Gasteiger partial charge in [-0.3, -0.25) is 10.2 Å². The summed E-state index contributed by atoms with van der Waals surface area (Å²) in [4.78, 5) is 31.1. The standard InChI is InChI=1S/C26H24N4O3/c1-27-17-21-23(25(31)29-30(26(32)33-2)19-13-7-4-8-14-19)20-15-9-10-16-22(20)28-24(21)18-11-5-3-6-12-18/h3-16,27H,17H2,1-2H3,(H,29,31). The number of nitrogens with one attached hydrogen (secondary N) is 2. The Labute approximate surface area is 192 Å². The van der Waals surface area contributed by atoms with E-state index in [2.05, 4.69) is 10.7 Å². The molecule has 4 rings (SSSR count). The largest absolute Gasteiger partial charge is 0.451 e. The number of ether oxygens (including phenoxy) is 1. The summed E-state index contributed by atoms with van der Waals surface area (Å²) in [6, 6.07) is 26.0. The summed E-state index contributed by atoms with van der Waals surface area (Å²) in [6.07, 6.45) is -0.702. The Morgan fingerprint density at radius 2 is 1.55 bits per heavy atom. The van der Waals surface area contributed by atoms with Crippen LogP contribution in [0.15, 0.2) is 84.9 Å². The molecule has 7 nitrogen and oxygen atoms in total. The second-order valence-corrected chi connectivity index (χ2v) is 7.31. The van der Waals surface area contributed by atoms with Crippen LogP contribution in [0.5, 0.6) is 0 Å². The molecule has 1 aromatic heterocycles. The molecule has 3 aromatic carbocycles. The molecule has 166 valence electrons. The van der Waals surface area contributed by atoms with Crippen LogP contribution in [0.25, 0.3) is 22.2 Å². The van der Waals surface area contributed by atoms with Crippen molar-refractivity contribution in [1.29, 1.82) is 0 Å². The lowest BCUT2D eigenvalue weighted by molar-refractivity contribution is 0.0941. The summed E-state index contributed by atoms with van der Waals surface area (Å²) in [7, 11) is 3.09. The summed E-state index contributed by atoms with van der Waals surface area (Å²) in [6.45, 7) is 0.411. The van der Waals surface area contributed by atoms with Crippen molar-refractivity contribution in [2.24, 2.45) is 0 Å². The first kappa shape index (κ1) is 22.0. The molecule has 0 atom stereocenters. The number of carbonyl (C=O) groups excluding carboxylic acids is 2. The molecule has 0 bridgehead atoms. The first-order valence-electron chi connectivity index (χ1n) is 10.5. The molecular weight excluding hydrogens is 416 g/mol. The van der Waals surface area contributed by atoms with Gasteiger partial charge in [0.1, 0.15) is 0 Å². The highest BCUT2D eigenvalue weighted by molar-refractivity contribution is 6.10. The fourth-order valence-corrected chi connectivity index (χ4v) is 3.74. The van der Waals surface area contributed by atoms with E-state index in [0.29, 0.717) is 34.4 Å². The van der Waals surface area contributed by atoms with Crippen LogP contribution in [0.4, 0.5) is 10.5 Å². The summed E-state index contributed by atoms with van der Waals surface area (Å²) in [5.74, 6) is -0.440. The minimum atomic E-state index is -0.702. The van der Waals surface area contributed by atoms with Gasteiger partial charge in [0.15, 0.2) is 0 Å². The summed E-state index contributed by atoms with van der Waals surface area (Å²) in [5.41, 5.74) is 6.68. The summed E-state index contributed by atoms with van der Waals surface area (Å²) in [5, 5.41) is 4.94. The fraction of sp³-hybridized carbons (Fsp3) is 0.115. The van der Waals surface area contributed by atoms with Gasteiger partial charge >= 0.3 is 6.09 Å². The average Bonchev–Trinajstić information content (AvgIpc) is 2.87. The smallest absolute Gasteiger partial charge is 0.433 e. The molecule has 0 spiro atoms. The predicted molar refractivity (Wildman–Crippen MR) is 129 cm³/mol. The van der Waals surface area contributed by atoms with E-state index in [-0.39, 0.29) is 0 Å². The fourth-order valence-electron chi connectivity index (χ4n) is 3.74. The lowest BCUT2D eigenvalue weighted by Crippen LogP contribution is -2.47. The zero-order chi connectivity index (χ0) is 23.2. The van der Waals surface area contributed by atoms with Crippen molar-refractivity contribution in [1.82, 2.24) is 15.7 Å². The number of nitrogens with zero attached hydrogens (tertiary/aromatic N) is 2. The van der Waals surface area contributed by atoms with Crippen LogP contribution in [0.2, 0.25) is 0 Å². The SMILES string of the molecule is CNCc1c(-c2ccccc2)nc2ccccc2c1C(=O)NN(C(=O)OC)c1ccccc1. The van der Waals surface area contributed by atoms with Crippen LogP contribution in [0.1, 0.15) is 15.9 Å². The Morgan fingerprint density at radius 3 is 2.21 bits per heavy atom. The topological polar surface area (TPSA) is 83.6 Å². The van der Waals surface area contributed by atoms with E-state index < -0.39 is 12.0 Å². The third kappa shape index (κ3) is 4.53. The molecular formula is C26H24N4O3. The molecule has 0 unspecified atom stereocenters. The van der Waals surface area contributed by atoms with Gasteiger partial charge in [0.2, 0.25) is 0 Å². The number of methoxy groups -OCH3 is 1. The quantitative estimate of drug-likeness (QED) is 0.445. The summed E-state index contributed by atoms with van der Waals surface area (Å²) < 4.78 is 4.91. The molecule has 1 heterocycles. The maximum Gasteiger partial charge on any atom is 0.433 e. The number of hydrazine groups is 1. The van der Waals surface area contributed by atoms with Crippen LogP contribution in [0, 0.1) is 0 Å². The van der Waals surface area contributed by atoms with E-state index in [1.165, 1.54) is 7.11 Å². The molecule has 33 heavy (non-hydrogen) atoms. The van der Waals surface area contributed by atoms with Crippen LogP contribution in [0.3, 0.4) is 0 Å². The minimum absolute atomic E-state index is 0.411. The Balaban J connectivity index is 1.89. The number of para-hydroxylation sites is 2. The van der Waals surface area contributed by atoms with Crippen molar-refractivity contribution >= 4 is 28.6 Å². The van der Waals surface area contributed by atoms with Crippen molar-refractivity contribution in [2.75, 3.05) is 19.2 Å². The van der Waals surface area contributed by atoms with Gasteiger partial charge in [0.25, 0.3) is 5.91 Å². The number of hydrogen-bond acceptors (Lipinski definition) is 5. The molecule has 0 aliphatic heterocycles. The van der Waals surface area contributed by atoms with E-state index in [1.807, 2.05) is 67.7 Å². The number of benzene rings is 3. The van der Waals surface area contributed by atoms with Crippen molar-refractivity contribution in [3.05, 3.63) is 96.1 Å². The Hall–Kier alpha value is -4.23. The maximum absolute atomic E-state index is 13.7. The Morgan fingerprint density at radius 1 is 0.909 bits per heavy atom. The molecule has 4 aromatic rings. The van der Waals surface area contributed by atoms with Gasteiger partial charge < -0.3 is 10.1 Å². The number of anilines is 1. The minimum Gasteiger partial charge on any atom is -0.451 e. The summed E-state index contributed by atoms with van der Waals surface area (Å²) >= 11 is 0. The maximum atomic E-state index is 13.7. The van der Waals surface area contributed by atoms with Crippen LogP contribution in [-0.2, 0) is 11.3 Å². The van der Waals surface area contributed by atoms with Gasteiger partial charge in [0.05, 0.1) is 29.6 Å². The van der Waals surface area contributed by atoms with Crippen molar-refractivity contribution in [3.63, 3.8) is 0 Å². The van der Waals surface area contributed by atoms with Crippen LogP contribution >= 0.6 is 0 Å². The third-order valence-electron chi connectivity index (χ3n) is 5.21. The number of amides is 2. The normalized spacial score (nSPS) is 10.6. The second-order valence-electron chi connectivity index (χ2n) is 7.31. The molecule has 0 saturated heterocycles. The Bertz CT molecular complexity index is 1280. The van der Waals surface area contributed by atoms with Gasteiger partial charge in [-0.2, -0.15) is 5.01 Å². The third-order valence-corrected chi connectivity index (χ3v) is 5.21. The molecule has 0 aliphatic carbocycles. The van der Waals surface area contributed by atoms with E-state index >= 15 is 0 Å². The number of carbonyl (C=O) groups is 2. The molecule has 0 aliphatic rings. The van der Waals surface area contributed by atoms with Gasteiger partial charge in [0, 0.05) is 23.1 Å². The van der Waals surface area contributed by atoms with E-state index in [4.69, 9.17) is 9.72 Å². The number of fused-ring (bicyclic) bond motifs is 1. The molecule has 0 saturated carbocycles. The number of hydrogen-bond donors (Lipinski definition) is 2. The Kier molecular flexibility index (Phi) is 6.61. The highest BCUT2D eigenvalue weighted by Crippen LogP contribution is 2.30. The van der Waals surface area contributed by atoms with Crippen LogP contribution in [-0.4, -0.2) is 31.1 Å². The van der Waals surface area contributed by atoms with Gasteiger partial charge in [-0.05, 0) is 25.2 Å². The monoisotopic (exact) mass is 440 g/mol. The van der Waals surface area contributed by atoms with Crippen molar-refractivity contribution in [3.8, 4) is 11.3 Å². The van der Waals surface area contributed by atoms with E-state index in [0.717, 1.165) is 16.1 Å². The highest BCUT2D eigenvalue weighted by Gasteiger charge is 2.25. The predicted octanol–water partition coefficient (Wildman–Crippen LogP) is 4.54. The zero-order valence-corrected chi connectivity index (χ0v) is 18.4. The molecule has 7 heteroatoms. The lowest BCUT2D eigenvalue weighted by atomic mass is 9.96. The number of rotatable bonds is 5. The number of aromatic nitrogens is 1. The van der Waals surface area contributed by atoms with Gasteiger partial charge in [-0.25, -0.2) is 9.78 Å².